The Morgan fingerprint density at radius 2 is 2.44 bits per heavy atom. The third-order valence-electron chi connectivity index (χ3n) is 0.872. The second-order valence-electron chi connectivity index (χ2n) is 1.61. The first-order valence-electron chi connectivity index (χ1n) is 2.61. The molecule has 0 spiro atoms. The molecule has 0 radical (unpaired) electrons. The van der Waals surface area contributed by atoms with Crippen molar-refractivity contribution in [3.05, 3.63) is 0 Å². The molecule has 0 saturated heterocycles. The maximum Gasteiger partial charge on any atom is 0.308 e. The fraction of sp³-hybridized carbons (Fsp3) is 0.800. The van der Waals surface area contributed by atoms with E-state index in [1.807, 2.05) is 0 Å². The van der Waals surface area contributed by atoms with E-state index in [1.54, 1.807) is 0 Å². The van der Waals surface area contributed by atoms with Crippen molar-refractivity contribution >= 4 is 5.97 Å². The van der Waals surface area contributed by atoms with Crippen LogP contribution in [-0.4, -0.2) is 25.8 Å². The van der Waals surface area contributed by atoms with Crippen molar-refractivity contribution in [1.82, 2.24) is 0 Å². The number of alkyl halides is 1. The molecule has 0 aromatic heterocycles. The summed E-state index contributed by atoms with van der Waals surface area (Å²) in [4.78, 5) is 10.3. The molecular weight excluding hydrogens is 125 g/mol. The molecule has 3 nitrogen and oxygen atoms in total. The third kappa shape index (κ3) is 3.90. The fourth-order valence-electron chi connectivity index (χ4n) is 0.348. The number of nitrogens with two attached hydrogens (primary N) is 1. The molecule has 54 valence electrons. The van der Waals surface area contributed by atoms with Crippen LogP contribution in [0.5, 0.6) is 0 Å². The highest BCUT2D eigenvalue weighted by molar-refractivity contribution is 5.69. The zero-order valence-corrected chi connectivity index (χ0v) is 5.26. The highest BCUT2D eigenvalue weighted by Crippen LogP contribution is 1.95. The summed E-state index contributed by atoms with van der Waals surface area (Å²) >= 11 is 0. The standard InChI is InChI=1S/C5H10FNO2/c1-9-5(8)2-4(6)3-7/h4H,2-3,7H2,1H3/t4-/m0/s1. The SMILES string of the molecule is COC(=O)C[C@H](F)CN. The molecule has 0 aromatic carbocycles. The Hall–Kier alpha value is -0.640. The Bertz CT molecular complexity index is 97.0. The molecule has 0 amide bonds. The third-order valence-corrected chi connectivity index (χ3v) is 0.872. The first-order chi connectivity index (χ1) is 4.20. The van der Waals surface area contributed by atoms with Crippen LogP contribution >= 0.6 is 0 Å². The summed E-state index contributed by atoms with van der Waals surface area (Å²) in [6, 6.07) is 0. The van der Waals surface area contributed by atoms with E-state index in [4.69, 9.17) is 5.73 Å². The lowest BCUT2D eigenvalue weighted by atomic mass is 10.3. The molecule has 0 aliphatic carbocycles. The summed E-state index contributed by atoms with van der Waals surface area (Å²) in [5.74, 6) is -0.562. The van der Waals surface area contributed by atoms with Gasteiger partial charge in [-0.1, -0.05) is 0 Å². The van der Waals surface area contributed by atoms with Crippen LogP contribution in [0.3, 0.4) is 0 Å². The van der Waals surface area contributed by atoms with Gasteiger partial charge in [-0.05, 0) is 0 Å². The second-order valence-corrected chi connectivity index (χ2v) is 1.61. The molecule has 0 bridgehead atoms. The molecule has 1 atom stereocenters. The number of rotatable bonds is 3. The van der Waals surface area contributed by atoms with E-state index in [-0.39, 0.29) is 13.0 Å². The molecule has 2 N–H and O–H groups in total. The quantitative estimate of drug-likeness (QED) is 0.547. The van der Waals surface area contributed by atoms with Gasteiger partial charge in [0.2, 0.25) is 0 Å². The van der Waals surface area contributed by atoms with Crippen LogP contribution in [0, 0.1) is 0 Å². The molecule has 0 unspecified atom stereocenters. The number of carbonyl (C=O) groups is 1. The smallest absolute Gasteiger partial charge is 0.308 e. The summed E-state index contributed by atoms with van der Waals surface area (Å²) < 4.78 is 16.3. The van der Waals surface area contributed by atoms with Crippen molar-refractivity contribution in [2.45, 2.75) is 12.6 Å². The van der Waals surface area contributed by atoms with Gasteiger partial charge in [-0.3, -0.25) is 4.79 Å². The Kier molecular flexibility index (Phi) is 3.96. The number of carbonyl (C=O) groups excluding carboxylic acids is 1. The van der Waals surface area contributed by atoms with E-state index in [2.05, 4.69) is 4.74 Å². The number of methoxy groups -OCH3 is 1. The Balaban J connectivity index is 3.34. The molecule has 0 aliphatic rings. The summed E-state index contributed by atoms with van der Waals surface area (Å²) in [7, 11) is 1.21. The van der Waals surface area contributed by atoms with Crippen molar-refractivity contribution in [1.29, 1.82) is 0 Å². The van der Waals surface area contributed by atoms with E-state index in [9.17, 15) is 9.18 Å². The Labute approximate surface area is 53.0 Å². The first-order valence-corrected chi connectivity index (χ1v) is 2.61. The van der Waals surface area contributed by atoms with Gasteiger partial charge in [-0.25, -0.2) is 4.39 Å². The van der Waals surface area contributed by atoms with Crippen LogP contribution in [0.15, 0.2) is 0 Å². The van der Waals surface area contributed by atoms with Crippen molar-refractivity contribution in [2.75, 3.05) is 13.7 Å². The maximum atomic E-state index is 12.1. The minimum atomic E-state index is -1.27. The molecule has 0 fully saturated rings. The highest BCUT2D eigenvalue weighted by Gasteiger charge is 2.09. The van der Waals surface area contributed by atoms with Crippen LogP contribution in [0.1, 0.15) is 6.42 Å². The first kappa shape index (κ1) is 8.36. The number of hydrogen-bond donors (Lipinski definition) is 1. The van der Waals surface area contributed by atoms with Gasteiger partial charge in [-0.2, -0.15) is 0 Å². The minimum Gasteiger partial charge on any atom is -0.469 e. The van der Waals surface area contributed by atoms with Gasteiger partial charge in [0.1, 0.15) is 6.17 Å². The second kappa shape index (κ2) is 4.26. The number of halogens is 1. The molecule has 0 aromatic rings. The van der Waals surface area contributed by atoms with Crippen molar-refractivity contribution in [3.8, 4) is 0 Å². The van der Waals surface area contributed by atoms with E-state index in [1.165, 1.54) is 7.11 Å². The largest absolute Gasteiger partial charge is 0.469 e. The van der Waals surface area contributed by atoms with E-state index in [0.717, 1.165) is 0 Å². The lowest BCUT2D eigenvalue weighted by Crippen LogP contribution is -2.19. The molecule has 0 aliphatic heterocycles. The summed E-state index contributed by atoms with van der Waals surface area (Å²) in [6.07, 6.45) is -1.51. The maximum absolute atomic E-state index is 12.1. The summed E-state index contributed by atoms with van der Waals surface area (Å²) in [6.45, 7) is -0.130. The monoisotopic (exact) mass is 135 g/mol. The van der Waals surface area contributed by atoms with E-state index >= 15 is 0 Å². The molecule has 9 heavy (non-hydrogen) atoms. The number of ether oxygens (including phenoxy) is 1. The normalized spacial score (nSPS) is 12.8. The highest BCUT2D eigenvalue weighted by atomic mass is 19.1. The van der Waals surface area contributed by atoms with Gasteiger partial charge < -0.3 is 10.5 Å². The molecule has 0 heterocycles. The van der Waals surface area contributed by atoms with Crippen molar-refractivity contribution in [3.63, 3.8) is 0 Å². The van der Waals surface area contributed by atoms with Crippen LogP contribution in [0.4, 0.5) is 4.39 Å². The lowest BCUT2D eigenvalue weighted by Gasteiger charge is -2.00. The number of hydrogen-bond acceptors (Lipinski definition) is 3. The molecule has 0 saturated carbocycles. The fourth-order valence-corrected chi connectivity index (χ4v) is 0.348. The predicted molar refractivity (Wildman–Crippen MR) is 30.6 cm³/mol. The Morgan fingerprint density at radius 3 is 2.78 bits per heavy atom. The van der Waals surface area contributed by atoms with Gasteiger partial charge in [0, 0.05) is 6.54 Å². The molecular formula is C5H10FNO2. The lowest BCUT2D eigenvalue weighted by molar-refractivity contribution is -0.141. The Morgan fingerprint density at radius 1 is 1.89 bits per heavy atom. The molecule has 0 rings (SSSR count). The topological polar surface area (TPSA) is 52.3 Å². The van der Waals surface area contributed by atoms with Crippen LogP contribution in [-0.2, 0) is 9.53 Å². The average Bonchev–Trinajstić information content (AvgIpc) is 1.87. The van der Waals surface area contributed by atoms with Crippen LogP contribution in [0.2, 0.25) is 0 Å². The minimum absolute atomic E-state index is 0.130. The summed E-state index contributed by atoms with van der Waals surface area (Å²) in [5, 5.41) is 0. The number of esters is 1. The van der Waals surface area contributed by atoms with Gasteiger partial charge in [0.15, 0.2) is 0 Å². The van der Waals surface area contributed by atoms with Crippen LogP contribution in [0.25, 0.3) is 0 Å². The van der Waals surface area contributed by atoms with Gasteiger partial charge in [0.25, 0.3) is 0 Å². The zero-order chi connectivity index (χ0) is 7.28. The van der Waals surface area contributed by atoms with E-state index in [0.29, 0.717) is 0 Å². The van der Waals surface area contributed by atoms with Gasteiger partial charge in [-0.15, -0.1) is 0 Å². The van der Waals surface area contributed by atoms with E-state index < -0.39 is 12.1 Å². The molecule has 4 heteroatoms. The average molecular weight is 135 g/mol. The van der Waals surface area contributed by atoms with Crippen molar-refractivity contribution in [2.24, 2.45) is 5.73 Å². The zero-order valence-electron chi connectivity index (χ0n) is 5.26. The van der Waals surface area contributed by atoms with Crippen molar-refractivity contribution < 1.29 is 13.9 Å². The van der Waals surface area contributed by atoms with Crippen LogP contribution < -0.4 is 5.73 Å². The van der Waals surface area contributed by atoms with Gasteiger partial charge in [0.05, 0.1) is 13.5 Å². The van der Waals surface area contributed by atoms with Gasteiger partial charge >= 0.3 is 5.97 Å². The predicted octanol–water partition coefficient (Wildman–Crippen LogP) is -0.154. The summed E-state index contributed by atoms with van der Waals surface area (Å²) in [5.41, 5.74) is 4.89.